The molecule has 4 heteroatoms. The molecule has 3 N–H and O–H groups in total. The summed E-state index contributed by atoms with van der Waals surface area (Å²) in [5.41, 5.74) is 8.92. The minimum Gasteiger partial charge on any atom is -0.396 e. The number of nitrogens with two attached hydrogens (primary N) is 1. The molecule has 2 atom stereocenters. The Morgan fingerprint density at radius 2 is 2.12 bits per heavy atom. The number of hydrogen-bond donors (Lipinski definition) is 2. The molecular formula is C12H14Cl2N2. The fraction of sp³-hybridized carbons (Fsp3) is 0.500. The molecule has 1 aliphatic carbocycles. The molecule has 1 heterocycles. The van der Waals surface area contributed by atoms with Crippen LogP contribution in [-0.4, -0.2) is 13.1 Å². The lowest BCUT2D eigenvalue weighted by Crippen LogP contribution is -2.19. The predicted molar refractivity (Wildman–Crippen MR) is 68.3 cm³/mol. The van der Waals surface area contributed by atoms with E-state index < -0.39 is 0 Å². The lowest BCUT2D eigenvalue weighted by atomic mass is 9.77. The number of benzene rings is 1. The second kappa shape index (κ2) is 3.80. The van der Waals surface area contributed by atoms with Crippen LogP contribution in [0.1, 0.15) is 23.5 Å². The van der Waals surface area contributed by atoms with Crippen LogP contribution >= 0.6 is 23.2 Å². The maximum absolute atomic E-state index is 6.28. The fourth-order valence-corrected chi connectivity index (χ4v) is 3.58. The van der Waals surface area contributed by atoms with E-state index >= 15 is 0 Å². The Morgan fingerprint density at radius 3 is 2.94 bits per heavy atom. The minimum absolute atomic E-state index is 0.534. The van der Waals surface area contributed by atoms with Crippen molar-refractivity contribution in [2.75, 3.05) is 18.8 Å². The van der Waals surface area contributed by atoms with Gasteiger partial charge >= 0.3 is 0 Å². The molecule has 0 saturated carbocycles. The highest BCUT2D eigenvalue weighted by Gasteiger charge is 2.34. The molecule has 2 nitrogen and oxygen atoms in total. The third kappa shape index (κ3) is 1.44. The van der Waals surface area contributed by atoms with Gasteiger partial charge in [0.1, 0.15) is 0 Å². The van der Waals surface area contributed by atoms with Crippen LogP contribution in [-0.2, 0) is 6.42 Å². The summed E-state index contributed by atoms with van der Waals surface area (Å²) in [7, 11) is 0. The molecular weight excluding hydrogens is 243 g/mol. The average Bonchev–Trinajstić information content (AvgIpc) is 2.74. The zero-order valence-electron chi connectivity index (χ0n) is 8.89. The van der Waals surface area contributed by atoms with E-state index in [0.717, 1.165) is 25.4 Å². The quantitative estimate of drug-likeness (QED) is 0.701. The molecule has 86 valence electrons. The number of nitrogens with one attached hydrogen (secondary N) is 1. The molecule has 0 radical (unpaired) electrons. The second-order valence-corrected chi connectivity index (χ2v) is 5.50. The monoisotopic (exact) mass is 256 g/mol. The molecule has 3 rings (SSSR count). The SMILES string of the molecule is Nc1c(Cl)cc2c(c1Cl)CC[C@H]1CNC[C@@H]21. The molecule has 0 unspecified atom stereocenters. The Kier molecular flexibility index (Phi) is 2.54. The highest BCUT2D eigenvalue weighted by molar-refractivity contribution is 6.39. The number of rotatable bonds is 0. The normalized spacial score (nSPS) is 27.6. The summed E-state index contributed by atoms with van der Waals surface area (Å²) in [5, 5.41) is 4.71. The molecule has 16 heavy (non-hydrogen) atoms. The van der Waals surface area contributed by atoms with Crippen LogP contribution in [0.3, 0.4) is 0 Å². The van der Waals surface area contributed by atoms with Crippen LogP contribution in [0.15, 0.2) is 6.07 Å². The van der Waals surface area contributed by atoms with Crippen molar-refractivity contribution in [2.45, 2.75) is 18.8 Å². The Hall–Kier alpha value is -0.440. The van der Waals surface area contributed by atoms with E-state index in [-0.39, 0.29) is 0 Å². The molecule has 2 aliphatic rings. The van der Waals surface area contributed by atoms with Crippen molar-refractivity contribution in [2.24, 2.45) is 5.92 Å². The summed E-state index contributed by atoms with van der Waals surface area (Å²) in [4.78, 5) is 0. The van der Waals surface area contributed by atoms with E-state index in [0.29, 0.717) is 21.7 Å². The smallest absolute Gasteiger partial charge is 0.0695 e. The third-order valence-corrected chi connectivity index (χ3v) is 4.64. The van der Waals surface area contributed by atoms with Crippen molar-refractivity contribution in [3.8, 4) is 0 Å². The van der Waals surface area contributed by atoms with Gasteiger partial charge in [-0.2, -0.15) is 0 Å². The Balaban J connectivity index is 2.16. The van der Waals surface area contributed by atoms with E-state index in [1.54, 1.807) is 0 Å². The summed E-state index contributed by atoms with van der Waals surface area (Å²) in [6.07, 6.45) is 2.23. The number of fused-ring (bicyclic) bond motifs is 3. The first-order chi connectivity index (χ1) is 7.68. The van der Waals surface area contributed by atoms with Gasteiger partial charge in [0.2, 0.25) is 0 Å². The van der Waals surface area contributed by atoms with Gasteiger partial charge in [-0.25, -0.2) is 0 Å². The Bertz CT molecular complexity index is 445. The number of nitrogen functional groups attached to an aromatic ring is 1. The van der Waals surface area contributed by atoms with E-state index in [2.05, 4.69) is 5.32 Å². The topological polar surface area (TPSA) is 38.0 Å². The van der Waals surface area contributed by atoms with Gasteiger partial charge in [0, 0.05) is 12.5 Å². The summed E-state index contributed by atoms with van der Waals surface area (Å²) >= 11 is 12.4. The fourth-order valence-electron chi connectivity index (χ4n) is 3.01. The van der Waals surface area contributed by atoms with Gasteiger partial charge in [0.15, 0.2) is 0 Å². The van der Waals surface area contributed by atoms with Crippen molar-refractivity contribution >= 4 is 28.9 Å². The van der Waals surface area contributed by atoms with Crippen LogP contribution in [0.5, 0.6) is 0 Å². The van der Waals surface area contributed by atoms with Crippen molar-refractivity contribution in [3.05, 3.63) is 27.2 Å². The van der Waals surface area contributed by atoms with Gasteiger partial charge in [-0.15, -0.1) is 0 Å². The van der Waals surface area contributed by atoms with Crippen molar-refractivity contribution in [1.82, 2.24) is 5.32 Å². The molecule has 1 saturated heterocycles. The summed E-state index contributed by atoms with van der Waals surface area (Å²) in [6, 6.07) is 2.02. The van der Waals surface area contributed by atoms with Gasteiger partial charge in [0.25, 0.3) is 0 Å². The number of anilines is 1. The van der Waals surface area contributed by atoms with E-state index in [9.17, 15) is 0 Å². The lowest BCUT2D eigenvalue weighted by Gasteiger charge is -2.29. The van der Waals surface area contributed by atoms with Crippen molar-refractivity contribution in [3.63, 3.8) is 0 Å². The highest BCUT2D eigenvalue weighted by atomic mass is 35.5. The van der Waals surface area contributed by atoms with Crippen LogP contribution in [0, 0.1) is 5.92 Å². The maximum Gasteiger partial charge on any atom is 0.0695 e. The van der Waals surface area contributed by atoms with Crippen LogP contribution < -0.4 is 11.1 Å². The second-order valence-electron chi connectivity index (χ2n) is 4.72. The third-order valence-electron chi connectivity index (χ3n) is 3.89. The van der Waals surface area contributed by atoms with Crippen LogP contribution in [0.2, 0.25) is 10.0 Å². The lowest BCUT2D eigenvalue weighted by molar-refractivity contribution is 0.452. The van der Waals surface area contributed by atoms with Gasteiger partial charge in [-0.3, -0.25) is 0 Å². The molecule has 0 aromatic heterocycles. The molecule has 0 bridgehead atoms. The first kappa shape index (κ1) is 10.7. The Labute approximate surface area is 105 Å². The minimum atomic E-state index is 0.534. The Morgan fingerprint density at radius 1 is 1.31 bits per heavy atom. The zero-order valence-corrected chi connectivity index (χ0v) is 10.4. The highest BCUT2D eigenvalue weighted by Crippen LogP contribution is 2.44. The van der Waals surface area contributed by atoms with Crippen molar-refractivity contribution in [1.29, 1.82) is 0 Å². The molecule has 1 fully saturated rings. The van der Waals surface area contributed by atoms with Crippen molar-refractivity contribution < 1.29 is 0 Å². The van der Waals surface area contributed by atoms with E-state index in [4.69, 9.17) is 28.9 Å². The summed E-state index contributed by atoms with van der Waals surface area (Å²) in [6.45, 7) is 2.15. The van der Waals surface area contributed by atoms with Gasteiger partial charge in [0.05, 0.1) is 15.7 Å². The van der Waals surface area contributed by atoms with Crippen LogP contribution in [0.4, 0.5) is 5.69 Å². The zero-order chi connectivity index (χ0) is 11.3. The molecule has 0 spiro atoms. The molecule has 1 aromatic carbocycles. The standard InChI is InChI=1S/C12H14Cl2N2/c13-10-3-8-7(11(14)12(10)15)2-1-6-4-16-5-9(6)8/h3,6,9,16H,1-2,4-5,15H2/t6-,9+/m0/s1. The first-order valence-electron chi connectivity index (χ1n) is 5.65. The van der Waals surface area contributed by atoms with E-state index in [1.807, 2.05) is 6.07 Å². The van der Waals surface area contributed by atoms with Gasteiger partial charge in [-0.05, 0) is 42.5 Å². The summed E-state index contributed by atoms with van der Waals surface area (Å²) in [5.74, 6) is 1.31. The number of hydrogen-bond acceptors (Lipinski definition) is 2. The van der Waals surface area contributed by atoms with Gasteiger partial charge < -0.3 is 11.1 Å². The summed E-state index contributed by atoms with van der Waals surface area (Å²) < 4.78 is 0. The largest absolute Gasteiger partial charge is 0.396 e. The molecule has 1 aromatic rings. The van der Waals surface area contributed by atoms with Gasteiger partial charge in [-0.1, -0.05) is 23.2 Å². The van der Waals surface area contributed by atoms with Crippen LogP contribution in [0.25, 0.3) is 0 Å². The average molecular weight is 257 g/mol. The first-order valence-corrected chi connectivity index (χ1v) is 6.41. The molecule has 1 aliphatic heterocycles. The maximum atomic E-state index is 6.28. The van der Waals surface area contributed by atoms with E-state index in [1.165, 1.54) is 17.5 Å². The predicted octanol–water partition coefficient (Wildman–Crippen LogP) is 2.82. The number of halogens is 2. The molecule has 0 amide bonds.